The molecule has 0 saturated carbocycles. The van der Waals surface area contributed by atoms with E-state index in [1.165, 1.54) is 13.8 Å². The quantitative estimate of drug-likeness (QED) is 0.820. The topological polar surface area (TPSA) is 73.1 Å². The number of nitrogens with one attached hydrogen (secondary N) is 1. The molecular weight excluding hydrogens is 296 g/mol. The Labute approximate surface area is 116 Å². The molecule has 0 bridgehead atoms. The maximum absolute atomic E-state index is 9.44. The van der Waals surface area contributed by atoms with Crippen molar-refractivity contribution in [1.29, 1.82) is 5.26 Å². The Morgan fingerprint density at radius 3 is 2.33 bits per heavy atom. The van der Waals surface area contributed by atoms with Crippen LogP contribution in [0.4, 0.5) is 5.69 Å². The summed E-state index contributed by atoms with van der Waals surface area (Å²) < 4.78 is 0.608. The molecular formula is C13H17BrN2O2. The molecule has 98 valence electrons. The number of benzene rings is 1. The van der Waals surface area contributed by atoms with Crippen molar-refractivity contribution >= 4 is 27.4 Å². The van der Waals surface area contributed by atoms with Gasteiger partial charge in [-0.25, -0.2) is 0 Å². The van der Waals surface area contributed by atoms with E-state index in [1.807, 2.05) is 0 Å². The molecule has 0 aliphatic rings. The number of phenols is 1. The van der Waals surface area contributed by atoms with Crippen molar-refractivity contribution in [3.8, 4) is 11.8 Å². The number of anilines is 1. The van der Waals surface area contributed by atoms with E-state index in [1.54, 1.807) is 32.0 Å². The van der Waals surface area contributed by atoms with E-state index in [9.17, 15) is 9.90 Å². The minimum atomic E-state index is -0.615. The zero-order valence-corrected chi connectivity index (χ0v) is 12.5. The minimum absolute atomic E-state index is 0.167. The van der Waals surface area contributed by atoms with Crippen molar-refractivity contribution < 1.29 is 9.90 Å². The summed E-state index contributed by atoms with van der Waals surface area (Å²) in [5, 5.41) is 21.1. The van der Waals surface area contributed by atoms with Gasteiger partial charge in [0, 0.05) is 5.69 Å². The van der Waals surface area contributed by atoms with E-state index < -0.39 is 5.54 Å². The van der Waals surface area contributed by atoms with E-state index in [0.717, 1.165) is 5.69 Å². The van der Waals surface area contributed by atoms with Crippen molar-refractivity contribution in [2.75, 3.05) is 5.32 Å². The van der Waals surface area contributed by atoms with Crippen LogP contribution in [0.3, 0.4) is 0 Å². The number of carbonyl (C=O) groups is 1. The van der Waals surface area contributed by atoms with Gasteiger partial charge < -0.3 is 15.2 Å². The van der Waals surface area contributed by atoms with Crippen molar-refractivity contribution in [2.24, 2.45) is 0 Å². The van der Waals surface area contributed by atoms with Gasteiger partial charge >= 0.3 is 0 Å². The normalized spacial score (nSPS) is 9.78. The number of ketones is 1. The first kappa shape index (κ1) is 16.5. The molecule has 1 rings (SSSR count). The number of hydrogen-bond acceptors (Lipinski definition) is 4. The molecule has 18 heavy (non-hydrogen) atoms. The molecule has 1 aromatic rings. The second-order valence-corrected chi connectivity index (χ2v) is 5.29. The first-order chi connectivity index (χ1) is 8.18. The number of carbonyl (C=O) groups excluding carboxylic acids is 1. The molecule has 5 heteroatoms. The molecule has 0 radical (unpaired) electrons. The fourth-order valence-electron chi connectivity index (χ4n) is 0.973. The Hall–Kier alpha value is -1.54. The maximum atomic E-state index is 9.44. The third kappa shape index (κ3) is 6.92. The highest BCUT2D eigenvalue weighted by Crippen LogP contribution is 2.27. The van der Waals surface area contributed by atoms with Gasteiger partial charge in [-0.1, -0.05) is 0 Å². The number of phenolic OH excluding ortho intramolecular Hbond substituents is 1. The van der Waals surface area contributed by atoms with E-state index >= 15 is 0 Å². The molecule has 0 heterocycles. The molecule has 0 saturated heterocycles. The third-order valence-corrected chi connectivity index (χ3v) is 2.32. The van der Waals surface area contributed by atoms with Gasteiger partial charge in [0.1, 0.15) is 17.1 Å². The van der Waals surface area contributed by atoms with Crippen molar-refractivity contribution in [3.63, 3.8) is 0 Å². The minimum Gasteiger partial charge on any atom is -0.507 e. The molecule has 1 aromatic carbocycles. The summed E-state index contributed by atoms with van der Waals surface area (Å²) in [5.74, 6) is 0.352. The molecule has 0 aliphatic heterocycles. The maximum Gasteiger partial charge on any atom is 0.129 e. The molecule has 2 N–H and O–H groups in total. The molecule has 0 amide bonds. The van der Waals surface area contributed by atoms with E-state index in [2.05, 4.69) is 27.3 Å². The van der Waals surface area contributed by atoms with Crippen LogP contribution in [0.2, 0.25) is 0 Å². The van der Waals surface area contributed by atoms with Gasteiger partial charge in [-0.2, -0.15) is 5.26 Å². The van der Waals surface area contributed by atoms with Crippen LogP contribution >= 0.6 is 15.9 Å². The smallest absolute Gasteiger partial charge is 0.129 e. The van der Waals surface area contributed by atoms with Gasteiger partial charge in [-0.3, -0.25) is 0 Å². The second-order valence-electron chi connectivity index (χ2n) is 4.44. The summed E-state index contributed by atoms with van der Waals surface area (Å²) >= 11 is 3.20. The lowest BCUT2D eigenvalue weighted by Gasteiger charge is -2.19. The number of rotatable bonds is 2. The Kier molecular flexibility index (Phi) is 6.42. The first-order valence-corrected chi connectivity index (χ1v) is 6.12. The van der Waals surface area contributed by atoms with Crippen molar-refractivity contribution in [2.45, 2.75) is 33.2 Å². The van der Waals surface area contributed by atoms with Gasteiger partial charge in [0.25, 0.3) is 0 Å². The van der Waals surface area contributed by atoms with Crippen LogP contribution in [-0.4, -0.2) is 16.4 Å². The summed E-state index contributed by atoms with van der Waals surface area (Å²) in [4.78, 5) is 9.44. The van der Waals surface area contributed by atoms with Crippen LogP contribution in [0.15, 0.2) is 22.7 Å². The van der Waals surface area contributed by atoms with Crippen molar-refractivity contribution in [3.05, 3.63) is 22.7 Å². The van der Waals surface area contributed by atoms with Crippen LogP contribution in [0, 0.1) is 11.3 Å². The lowest BCUT2D eigenvalue weighted by molar-refractivity contribution is -0.114. The van der Waals surface area contributed by atoms with E-state index in [0.29, 0.717) is 4.47 Å². The number of aromatic hydroxyl groups is 1. The second kappa shape index (κ2) is 7.02. The van der Waals surface area contributed by atoms with Gasteiger partial charge in [-0.15, -0.1) is 0 Å². The first-order valence-electron chi connectivity index (χ1n) is 5.33. The summed E-state index contributed by atoms with van der Waals surface area (Å²) in [5.41, 5.74) is 0.178. The monoisotopic (exact) mass is 312 g/mol. The predicted molar refractivity (Wildman–Crippen MR) is 75.5 cm³/mol. The van der Waals surface area contributed by atoms with Crippen LogP contribution < -0.4 is 5.32 Å². The molecule has 0 fully saturated rings. The standard InChI is InChI=1S/C10H11BrN2O.C3H6O/c1-10(2,6-12)13-7-3-4-9(14)8(11)5-7;1-3(2)4/h3-5,13-14H,1-2H3;1-2H3. The van der Waals surface area contributed by atoms with Crippen molar-refractivity contribution in [1.82, 2.24) is 0 Å². The molecule has 4 nitrogen and oxygen atoms in total. The lowest BCUT2D eigenvalue weighted by atomic mass is 10.1. The zero-order chi connectivity index (χ0) is 14.3. The molecule has 0 aliphatic carbocycles. The average Bonchev–Trinajstić information content (AvgIpc) is 2.22. The Morgan fingerprint density at radius 1 is 1.44 bits per heavy atom. The highest BCUT2D eigenvalue weighted by atomic mass is 79.9. The number of hydrogen-bond donors (Lipinski definition) is 2. The number of nitrogens with zero attached hydrogens (tertiary/aromatic N) is 1. The largest absolute Gasteiger partial charge is 0.507 e. The Bertz CT molecular complexity index is 461. The van der Waals surface area contributed by atoms with Gasteiger partial charge in [0.2, 0.25) is 0 Å². The van der Waals surface area contributed by atoms with Gasteiger partial charge in [0.05, 0.1) is 10.5 Å². The fourth-order valence-corrected chi connectivity index (χ4v) is 1.35. The van der Waals surface area contributed by atoms with Crippen LogP contribution in [0.25, 0.3) is 0 Å². The van der Waals surface area contributed by atoms with Crippen LogP contribution in [-0.2, 0) is 4.79 Å². The molecule has 0 spiro atoms. The fraction of sp³-hybridized carbons (Fsp3) is 0.385. The zero-order valence-electron chi connectivity index (χ0n) is 10.9. The lowest BCUT2D eigenvalue weighted by Crippen LogP contribution is -2.28. The van der Waals surface area contributed by atoms with E-state index in [4.69, 9.17) is 5.26 Å². The summed E-state index contributed by atoms with van der Waals surface area (Å²) in [6.07, 6.45) is 0. The van der Waals surface area contributed by atoms with Crippen LogP contribution in [0.1, 0.15) is 27.7 Å². The Morgan fingerprint density at radius 2 is 1.94 bits per heavy atom. The summed E-state index contributed by atoms with van der Waals surface area (Å²) in [7, 11) is 0. The number of halogens is 1. The average molecular weight is 313 g/mol. The number of Topliss-reactive ketones (excluding diaryl/α,β-unsaturated/α-hetero) is 1. The third-order valence-electron chi connectivity index (χ3n) is 1.68. The summed E-state index contributed by atoms with van der Waals surface area (Å²) in [6, 6.07) is 7.16. The number of nitriles is 1. The van der Waals surface area contributed by atoms with Gasteiger partial charge in [0.15, 0.2) is 0 Å². The SMILES string of the molecule is CC(C)(C#N)Nc1ccc(O)c(Br)c1.CC(C)=O. The van der Waals surface area contributed by atoms with E-state index in [-0.39, 0.29) is 11.5 Å². The predicted octanol–water partition coefficient (Wildman–Crippen LogP) is 3.46. The molecule has 0 unspecified atom stereocenters. The van der Waals surface area contributed by atoms with Gasteiger partial charge in [-0.05, 0) is 61.8 Å². The highest BCUT2D eigenvalue weighted by Gasteiger charge is 2.15. The molecule has 0 aromatic heterocycles. The molecule has 0 atom stereocenters. The highest BCUT2D eigenvalue weighted by molar-refractivity contribution is 9.10. The van der Waals surface area contributed by atoms with Crippen LogP contribution in [0.5, 0.6) is 5.75 Å². The summed E-state index contributed by atoms with van der Waals surface area (Å²) in [6.45, 7) is 6.63. The Balaban J connectivity index is 0.000000631.